The summed E-state index contributed by atoms with van der Waals surface area (Å²) in [5.41, 5.74) is 0.659. The van der Waals surface area contributed by atoms with E-state index in [1.165, 1.54) is 0 Å². The lowest BCUT2D eigenvalue weighted by Gasteiger charge is -2.32. The standard InChI is InChI=1S/C14H18O3/c1-16-11-14(15,12-6-3-2-4-7-12)13-8-5-9-17-10-13/h2-4,6-7,10,15H,5,8-9,11H2,1H3. The Hall–Kier alpha value is -1.32. The highest BCUT2D eigenvalue weighted by molar-refractivity contribution is 5.32. The molecule has 0 saturated heterocycles. The smallest absolute Gasteiger partial charge is 0.137 e. The Morgan fingerprint density at radius 2 is 2.12 bits per heavy atom. The van der Waals surface area contributed by atoms with E-state index in [4.69, 9.17) is 9.47 Å². The van der Waals surface area contributed by atoms with Gasteiger partial charge in [0, 0.05) is 12.7 Å². The predicted molar refractivity (Wildman–Crippen MR) is 65.5 cm³/mol. The van der Waals surface area contributed by atoms with Crippen molar-refractivity contribution >= 4 is 0 Å². The van der Waals surface area contributed by atoms with Crippen molar-refractivity contribution in [1.82, 2.24) is 0 Å². The van der Waals surface area contributed by atoms with Gasteiger partial charge in [-0.25, -0.2) is 0 Å². The molecule has 0 spiro atoms. The fraction of sp³-hybridized carbons (Fsp3) is 0.429. The highest BCUT2D eigenvalue weighted by Crippen LogP contribution is 2.34. The van der Waals surface area contributed by atoms with Gasteiger partial charge in [-0.1, -0.05) is 30.3 Å². The Labute approximate surface area is 102 Å². The van der Waals surface area contributed by atoms with Crippen LogP contribution in [0.15, 0.2) is 42.2 Å². The fourth-order valence-electron chi connectivity index (χ4n) is 2.15. The Balaban J connectivity index is 2.35. The number of rotatable bonds is 4. The summed E-state index contributed by atoms with van der Waals surface area (Å²) in [4.78, 5) is 0. The third kappa shape index (κ3) is 2.51. The van der Waals surface area contributed by atoms with Gasteiger partial charge in [0.05, 0.1) is 19.5 Å². The van der Waals surface area contributed by atoms with Gasteiger partial charge in [0.15, 0.2) is 0 Å². The summed E-state index contributed by atoms with van der Waals surface area (Å²) in [6.07, 6.45) is 3.45. The van der Waals surface area contributed by atoms with Crippen molar-refractivity contribution in [2.45, 2.75) is 18.4 Å². The maximum Gasteiger partial charge on any atom is 0.137 e. The molecule has 2 rings (SSSR count). The Bertz CT molecular complexity index is 386. The van der Waals surface area contributed by atoms with Crippen LogP contribution in [0, 0.1) is 0 Å². The van der Waals surface area contributed by atoms with Gasteiger partial charge in [0.1, 0.15) is 5.60 Å². The van der Waals surface area contributed by atoms with Crippen LogP contribution >= 0.6 is 0 Å². The van der Waals surface area contributed by atoms with Gasteiger partial charge in [-0.2, -0.15) is 0 Å². The quantitative estimate of drug-likeness (QED) is 0.868. The van der Waals surface area contributed by atoms with Crippen LogP contribution in [0.3, 0.4) is 0 Å². The molecule has 17 heavy (non-hydrogen) atoms. The summed E-state index contributed by atoms with van der Waals surface area (Å²) >= 11 is 0. The predicted octanol–water partition coefficient (Wildman–Crippen LogP) is 2.21. The molecule has 3 nitrogen and oxygen atoms in total. The van der Waals surface area contributed by atoms with Crippen LogP contribution in [-0.2, 0) is 15.1 Å². The average molecular weight is 234 g/mol. The maximum absolute atomic E-state index is 10.8. The molecule has 1 aliphatic heterocycles. The summed E-state index contributed by atoms with van der Waals surface area (Å²) in [6, 6.07) is 9.59. The molecule has 1 aliphatic rings. The van der Waals surface area contributed by atoms with Crippen LogP contribution in [-0.4, -0.2) is 25.4 Å². The molecule has 0 saturated carbocycles. The zero-order chi connectivity index (χ0) is 12.1. The van der Waals surface area contributed by atoms with Crippen molar-refractivity contribution in [3.8, 4) is 0 Å². The summed E-state index contributed by atoms with van der Waals surface area (Å²) in [6.45, 7) is 0.966. The van der Waals surface area contributed by atoms with Gasteiger partial charge in [0.25, 0.3) is 0 Å². The van der Waals surface area contributed by atoms with Crippen LogP contribution in [0.25, 0.3) is 0 Å². The second kappa shape index (κ2) is 5.34. The lowest BCUT2D eigenvalue weighted by Crippen LogP contribution is -2.34. The lowest BCUT2D eigenvalue weighted by atomic mass is 9.84. The first kappa shape index (κ1) is 12.1. The van der Waals surface area contributed by atoms with E-state index >= 15 is 0 Å². The molecule has 1 N–H and O–H groups in total. The van der Waals surface area contributed by atoms with E-state index in [1.807, 2.05) is 30.3 Å². The molecule has 1 unspecified atom stereocenters. The second-order valence-corrected chi connectivity index (χ2v) is 4.28. The maximum atomic E-state index is 10.8. The molecule has 3 heteroatoms. The molecule has 1 aromatic carbocycles. The minimum Gasteiger partial charge on any atom is -0.501 e. The van der Waals surface area contributed by atoms with Gasteiger partial charge < -0.3 is 14.6 Å². The monoisotopic (exact) mass is 234 g/mol. The van der Waals surface area contributed by atoms with Crippen LogP contribution in [0.4, 0.5) is 0 Å². The van der Waals surface area contributed by atoms with Gasteiger partial charge >= 0.3 is 0 Å². The first-order valence-electron chi connectivity index (χ1n) is 5.85. The van der Waals surface area contributed by atoms with E-state index in [0.717, 1.165) is 30.6 Å². The molecule has 0 bridgehead atoms. The van der Waals surface area contributed by atoms with E-state index in [0.29, 0.717) is 0 Å². The number of ether oxygens (including phenoxy) is 2. The molecular formula is C14H18O3. The molecule has 0 aliphatic carbocycles. The Kier molecular flexibility index (Phi) is 3.82. The minimum atomic E-state index is -1.07. The topological polar surface area (TPSA) is 38.7 Å². The van der Waals surface area contributed by atoms with E-state index in [-0.39, 0.29) is 6.61 Å². The number of hydrogen-bond acceptors (Lipinski definition) is 3. The van der Waals surface area contributed by atoms with Crippen molar-refractivity contribution in [3.63, 3.8) is 0 Å². The summed E-state index contributed by atoms with van der Waals surface area (Å²) < 4.78 is 10.5. The third-order valence-electron chi connectivity index (χ3n) is 3.07. The Morgan fingerprint density at radius 1 is 1.35 bits per heavy atom. The molecule has 1 aromatic rings. The molecule has 0 aromatic heterocycles. The first-order chi connectivity index (χ1) is 8.27. The number of aliphatic hydroxyl groups is 1. The molecule has 92 valence electrons. The van der Waals surface area contributed by atoms with E-state index < -0.39 is 5.60 Å². The largest absolute Gasteiger partial charge is 0.501 e. The first-order valence-corrected chi connectivity index (χ1v) is 5.85. The number of benzene rings is 1. The van der Waals surface area contributed by atoms with Crippen molar-refractivity contribution in [2.24, 2.45) is 0 Å². The van der Waals surface area contributed by atoms with E-state index in [1.54, 1.807) is 13.4 Å². The zero-order valence-electron chi connectivity index (χ0n) is 10.1. The average Bonchev–Trinajstić information content (AvgIpc) is 2.41. The zero-order valence-corrected chi connectivity index (χ0v) is 10.1. The SMILES string of the molecule is COCC(O)(C1=COCCC1)c1ccccc1. The summed E-state index contributed by atoms with van der Waals surface area (Å²) in [5.74, 6) is 0. The van der Waals surface area contributed by atoms with Crippen LogP contribution < -0.4 is 0 Å². The normalized spacial score (nSPS) is 19.1. The van der Waals surface area contributed by atoms with E-state index in [2.05, 4.69) is 0 Å². The lowest BCUT2D eigenvalue weighted by molar-refractivity contribution is -0.0147. The minimum absolute atomic E-state index is 0.242. The van der Waals surface area contributed by atoms with Crippen molar-refractivity contribution in [1.29, 1.82) is 0 Å². The summed E-state index contributed by atoms with van der Waals surface area (Å²) in [7, 11) is 1.60. The summed E-state index contributed by atoms with van der Waals surface area (Å²) in [5, 5.41) is 10.8. The van der Waals surface area contributed by atoms with Crippen LogP contribution in [0.5, 0.6) is 0 Å². The molecular weight excluding hydrogens is 216 g/mol. The van der Waals surface area contributed by atoms with Crippen molar-refractivity contribution < 1.29 is 14.6 Å². The van der Waals surface area contributed by atoms with Crippen molar-refractivity contribution in [2.75, 3.05) is 20.3 Å². The van der Waals surface area contributed by atoms with Crippen LogP contribution in [0.1, 0.15) is 18.4 Å². The Morgan fingerprint density at radius 3 is 2.71 bits per heavy atom. The second-order valence-electron chi connectivity index (χ2n) is 4.28. The van der Waals surface area contributed by atoms with Crippen LogP contribution in [0.2, 0.25) is 0 Å². The number of hydrogen-bond donors (Lipinski definition) is 1. The highest BCUT2D eigenvalue weighted by atomic mass is 16.5. The van der Waals surface area contributed by atoms with E-state index in [9.17, 15) is 5.11 Å². The fourth-order valence-corrected chi connectivity index (χ4v) is 2.15. The molecule has 1 atom stereocenters. The molecule has 0 fully saturated rings. The van der Waals surface area contributed by atoms with Gasteiger partial charge in [-0.15, -0.1) is 0 Å². The van der Waals surface area contributed by atoms with Crippen molar-refractivity contribution in [3.05, 3.63) is 47.7 Å². The van der Waals surface area contributed by atoms with Gasteiger partial charge in [0.2, 0.25) is 0 Å². The van der Waals surface area contributed by atoms with Gasteiger partial charge in [-0.3, -0.25) is 0 Å². The van der Waals surface area contributed by atoms with Gasteiger partial charge in [-0.05, 0) is 18.4 Å². The molecule has 0 radical (unpaired) electrons. The number of methoxy groups -OCH3 is 1. The highest BCUT2D eigenvalue weighted by Gasteiger charge is 2.34. The molecule has 1 heterocycles. The molecule has 0 amide bonds. The third-order valence-corrected chi connectivity index (χ3v) is 3.07.